The van der Waals surface area contributed by atoms with Gasteiger partial charge in [0.25, 0.3) is 5.91 Å². The minimum Gasteiger partial charge on any atom is -0.471 e. The van der Waals surface area contributed by atoms with Crippen LogP contribution in [-0.4, -0.2) is 114 Å². The molecule has 0 unspecified atom stereocenters. The van der Waals surface area contributed by atoms with Crippen LogP contribution >= 0.6 is 0 Å². The van der Waals surface area contributed by atoms with Gasteiger partial charge >= 0.3 is 18.4 Å². The lowest BCUT2D eigenvalue weighted by Crippen LogP contribution is -2.60. The van der Waals surface area contributed by atoms with Gasteiger partial charge in [-0.1, -0.05) is 26.8 Å². The number of rotatable bonds is 7. The van der Waals surface area contributed by atoms with Crippen LogP contribution in [0.2, 0.25) is 0 Å². The van der Waals surface area contributed by atoms with Crippen LogP contribution in [0.25, 0.3) is 11.0 Å². The summed E-state index contributed by atoms with van der Waals surface area (Å²) in [4.78, 5) is 64.6. The van der Waals surface area contributed by atoms with E-state index in [9.17, 15) is 49.5 Å². The maximum Gasteiger partial charge on any atom is 0.573 e. The number of carbonyl (C=O) groups is 4. The summed E-state index contributed by atoms with van der Waals surface area (Å²) in [6, 6.07) is -0.588. The predicted molar refractivity (Wildman–Crippen MR) is 199 cm³/mol. The molecule has 3 N–H and O–H groups in total. The zero-order chi connectivity index (χ0) is 45.2. The van der Waals surface area contributed by atoms with Crippen molar-refractivity contribution in [3.63, 3.8) is 0 Å². The van der Waals surface area contributed by atoms with Crippen molar-refractivity contribution >= 4 is 44.9 Å². The van der Waals surface area contributed by atoms with Gasteiger partial charge in [0, 0.05) is 12.5 Å². The lowest BCUT2D eigenvalue weighted by molar-refractivity contribution is -0.274. The number of halogens is 7. The third-order valence-corrected chi connectivity index (χ3v) is 13.1. The first-order valence-electron chi connectivity index (χ1n) is 19.7. The van der Waals surface area contributed by atoms with Crippen LogP contribution in [-0.2, 0) is 39.8 Å². The van der Waals surface area contributed by atoms with E-state index < -0.39 is 154 Å². The molecule has 16 nitrogen and oxygen atoms in total. The normalized spacial score (nSPS) is 29.9. The number of ether oxygens (including phenoxy) is 4. The fourth-order valence-electron chi connectivity index (χ4n) is 7.86. The van der Waals surface area contributed by atoms with Crippen LogP contribution in [0.15, 0.2) is 30.4 Å². The smallest absolute Gasteiger partial charge is 0.471 e. The summed E-state index contributed by atoms with van der Waals surface area (Å²) in [5.41, 5.74) is -5.41. The highest BCUT2D eigenvalue weighted by Gasteiger charge is 2.67. The molecule has 2 aliphatic heterocycles. The van der Waals surface area contributed by atoms with Gasteiger partial charge in [0.05, 0.1) is 41.5 Å². The molecule has 4 amide bonds. The number of amides is 4. The average Bonchev–Trinajstić information content (AvgIpc) is 4.06. The van der Waals surface area contributed by atoms with Crippen LogP contribution in [0.4, 0.5) is 35.5 Å². The van der Waals surface area contributed by atoms with E-state index in [-0.39, 0.29) is 18.4 Å². The summed E-state index contributed by atoms with van der Waals surface area (Å²) >= 11 is 0. The van der Waals surface area contributed by atoms with Crippen molar-refractivity contribution in [3.8, 4) is 11.6 Å². The molecule has 3 heterocycles. The van der Waals surface area contributed by atoms with Crippen molar-refractivity contribution in [2.24, 2.45) is 11.3 Å². The standard InChI is InChI=1S/C38H43F7N6O10S/c1-35(2,3)28-32(53)51-17-19(15-24(51)30(52)49-36(16-21(36)29(39)40)33(54)50-62(56,57)20-9-10-20)59-31-27(46-23-14-18(61-38(43,44)45)8-11-22(23)47-31)37(41,42)12-5-13-58-25-6-4-7-26(25)60-34(55)48-28/h5,8,11-12,14,19-21,24-26,28-29H,4,6-7,9-10,13,15-17H2,1-3H3,(H,48,55)(H,49,52)(H,50,54)/b12-5+/t19-,21+,24+,25-,26-,28-,36-/m1/s1. The number of nitrogens with zero attached hydrogens (tertiary/aromatic N) is 3. The van der Waals surface area contributed by atoms with Crippen LogP contribution in [0.1, 0.15) is 71.4 Å². The fourth-order valence-corrected chi connectivity index (χ4v) is 9.23. The Balaban J connectivity index is 1.28. The fraction of sp³-hybridized carbons (Fsp3) is 0.632. The Kier molecular flexibility index (Phi) is 11.8. The van der Waals surface area contributed by atoms with Gasteiger partial charge in [-0.25, -0.2) is 32.0 Å². The number of carbonyl (C=O) groups excluding carboxylic acids is 4. The first kappa shape index (κ1) is 45.0. The number of sulfonamides is 1. The monoisotopic (exact) mass is 908 g/mol. The molecule has 7 rings (SSSR count). The van der Waals surface area contributed by atoms with E-state index in [1.807, 2.05) is 0 Å². The van der Waals surface area contributed by atoms with E-state index in [0.29, 0.717) is 25.3 Å². The van der Waals surface area contributed by atoms with Crippen LogP contribution < -0.4 is 24.8 Å². The molecular formula is C38H43F7N6O10S. The average molecular weight is 909 g/mol. The summed E-state index contributed by atoms with van der Waals surface area (Å²) in [7, 11) is -4.27. The molecule has 1 saturated heterocycles. The van der Waals surface area contributed by atoms with Gasteiger partial charge in [-0.15, -0.1) is 13.2 Å². The number of alkyl halides is 7. The molecule has 62 heavy (non-hydrogen) atoms. The van der Waals surface area contributed by atoms with E-state index >= 15 is 8.78 Å². The summed E-state index contributed by atoms with van der Waals surface area (Å²) < 4.78 is 148. The van der Waals surface area contributed by atoms with Crippen LogP contribution in [0, 0.1) is 11.3 Å². The minimum atomic E-state index is -5.13. The third-order valence-electron chi connectivity index (χ3n) is 11.3. The Morgan fingerprint density at radius 3 is 2.37 bits per heavy atom. The molecule has 2 aromatic rings. The van der Waals surface area contributed by atoms with E-state index in [4.69, 9.17) is 14.2 Å². The Morgan fingerprint density at radius 1 is 1.02 bits per heavy atom. The van der Waals surface area contributed by atoms with Gasteiger partial charge in [0.2, 0.25) is 34.1 Å². The maximum absolute atomic E-state index is 16.2. The van der Waals surface area contributed by atoms with Crippen molar-refractivity contribution in [3.05, 3.63) is 36.0 Å². The number of hydrogen-bond donors (Lipinski definition) is 3. The first-order valence-corrected chi connectivity index (χ1v) is 21.3. The van der Waals surface area contributed by atoms with Crippen molar-refractivity contribution < 1.29 is 77.3 Å². The molecule has 24 heteroatoms. The van der Waals surface area contributed by atoms with Gasteiger partial charge in [-0.05, 0) is 62.1 Å². The van der Waals surface area contributed by atoms with Crippen molar-refractivity contribution in [2.45, 2.75) is 126 Å². The van der Waals surface area contributed by atoms with Crippen LogP contribution in [0.5, 0.6) is 11.6 Å². The summed E-state index contributed by atoms with van der Waals surface area (Å²) in [6.45, 7) is 3.74. The maximum atomic E-state index is 16.2. The van der Waals surface area contributed by atoms with E-state index in [1.165, 1.54) is 0 Å². The predicted octanol–water partition coefficient (Wildman–Crippen LogP) is 4.37. The lowest BCUT2D eigenvalue weighted by atomic mass is 9.85. The molecular weight excluding hydrogens is 866 g/mol. The second kappa shape index (κ2) is 16.3. The quantitative estimate of drug-likeness (QED) is 0.262. The highest BCUT2D eigenvalue weighted by molar-refractivity contribution is 7.91. The molecule has 0 spiro atoms. The topological polar surface area (TPSA) is 204 Å². The van der Waals surface area contributed by atoms with Gasteiger partial charge in [-0.2, -0.15) is 8.78 Å². The number of alkyl carbamates (subject to hydrolysis) is 1. The van der Waals surface area contributed by atoms with Gasteiger partial charge in [-0.3, -0.25) is 19.1 Å². The number of allylic oxidation sites excluding steroid dienone is 1. The highest BCUT2D eigenvalue weighted by atomic mass is 32.2. The summed E-state index contributed by atoms with van der Waals surface area (Å²) in [5.74, 6) is -11.1. The molecule has 7 atom stereocenters. The molecule has 4 fully saturated rings. The molecule has 1 aromatic carbocycles. The Bertz CT molecular complexity index is 2260. The number of benzene rings is 1. The number of nitrogens with one attached hydrogen (secondary N) is 3. The molecule has 3 aliphatic carbocycles. The van der Waals surface area contributed by atoms with E-state index in [2.05, 4.69) is 25.3 Å². The zero-order valence-electron chi connectivity index (χ0n) is 33.3. The van der Waals surface area contributed by atoms with Gasteiger partial charge in [0.15, 0.2) is 5.69 Å². The van der Waals surface area contributed by atoms with Crippen molar-refractivity contribution in [2.75, 3.05) is 13.2 Å². The molecule has 3 saturated carbocycles. The molecule has 0 radical (unpaired) electrons. The highest BCUT2D eigenvalue weighted by Crippen LogP contribution is 2.49. The lowest BCUT2D eigenvalue weighted by Gasteiger charge is -2.35. The molecule has 2 bridgehead atoms. The largest absolute Gasteiger partial charge is 0.573 e. The second-order valence-electron chi connectivity index (χ2n) is 17.1. The third kappa shape index (κ3) is 9.64. The van der Waals surface area contributed by atoms with E-state index in [1.54, 1.807) is 25.5 Å². The van der Waals surface area contributed by atoms with Crippen molar-refractivity contribution in [1.29, 1.82) is 0 Å². The molecule has 1 aromatic heterocycles. The van der Waals surface area contributed by atoms with Crippen LogP contribution in [0.3, 0.4) is 0 Å². The van der Waals surface area contributed by atoms with Gasteiger partial charge < -0.3 is 34.5 Å². The van der Waals surface area contributed by atoms with Gasteiger partial charge in [0.1, 0.15) is 35.6 Å². The summed E-state index contributed by atoms with van der Waals surface area (Å²) in [6.07, 6.45) is -10.6. The number of fused-ring (bicyclic) bond motifs is 5. The number of hydrogen-bond acceptors (Lipinski definition) is 12. The molecule has 340 valence electrons. The Hall–Kier alpha value is -5.00. The Labute approximate surface area is 349 Å². The molecule has 5 aliphatic rings. The zero-order valence-corrected chi connectivity index (χ0v) is 34.2. The minimum absolute atomic E-state index is 0.228. The number of aromatic nitrogens is 2. The Morgan fingerprint density at radius 2 is 1.73 bits per heavy atom. The SMILES string of the molecule is CC(C)(C)[C@@H]1NC(=O)O[C@@H]2CCC[C@H]2OC/C=C/C(F)(F)c2nc3cc(OC(F)(F)F)ccc3nc2O[C@@H]2C[C@@H](C(=O)N[C@]3(C(=O)NS(=O)(=O)C4CC4)C[C@H]3C(F)F)N(C2)C1=O. The summed E-state index contributed by atoms with van der Waals surface area (Å²) in [5, 5.41) is 3.87. The van der Waals surface area contributed by atoms with Crippen molar-refractivity contribution in [1.82, 2.24) is 30.2 Å². The first-order chi connectivity index (χ1) is 28.9. The second-order valence-corrected chi connectivity index (χ2v) is 19.0. The van der Waals surface area contributed by atoms with E-state index in [0.717, 1.165) is 29.2 Å².